The van der Waals surface area contributed by atoms with Gasteiger partial charge in [0, 0.05) is 6.54 Å². The van der Waals surface area contributed by atoms with Crippen molar-refractivity contribution in [3.8, 4) is 6.07 Å². The number of rotatable bonds is 7. The Bertz CT molecular complexity index is 451. The molecule has 0 saturated heterocycles. The molecular weight excluding hydrogens is 252 g/mol. The summed E-state index contributed by atoms with van der Waals surface area (Å²) in [4.78, 5) is 11.7. The monoisotopic (exact) mass is 274 g/mol. The van der Waals surface area contributed by atoms with Crippen LogP contribution in [0.3, 0.4) is 0 Å². The second-order valence-corrected chi connectivity index (χ2v) is 5.21. The van der Waals surface area contributed by atoms with Gasteiger partial charge in [-0.3, -0.25) is 4.79 Å². The number of benzene rings is 1. The highest BCUT2D eigenvalue weighted by Crippen LogP contribution is 2.14. The largest absolute Gasteiger partial charge is 0.468 e. The number of methoxy groups -OCH3 is 1. The molecule has 0 aliphatic carbocycles. The van der Waals surface area contributed by atoms with Gasteiger partial charge >= 0.3 is 5.97 Å². The molecule has 20 heavy (non-hydrogen) atoms. The van der Waals surface area contributed by atoms with E-state index in [1.54, 1.807) is 0 Å². The standard InChI is InChI=1S/C16H22N2O2/c1-12(2)9-15(16(19)20-3)18-11-14(10-17)13-7-5-4-6-8-13/h4-8,12,14-15,18H,9,11H2,1-3H3. The van der Waals surface area contributed by atoms with Crippen LogP contribution in [-0.2, 0) is 9.53 Å². The van der Waals surface area contributed by atoms with Crippen molar-refractivity contribution in [1.82, 2.24) is 5.32 Å². The topological polar surface area (TPSA) is 62.1 Å². The van der Waals surface area contributed by atoms with E-state index in [-0.39, 0.29) is 17.9 Å². The maximum Gasteiger partial charge on any atom is 0.322 e. The van der Waals surface area contributed by atoms with E-state index in [1.165, 1.54) is 7.11 Å². The van der Waals surface area contributed by atoms with Crippen molar-refractivity contribution < 1.29 is 9.53 Å². The van der Waals surface area contributed by atoms with Crippen molar-refractivity contribution in [1.29, 1.82) is 5.26 Å². The molecule has 1 N–H and O–H groups in total. The molecule has 0 bridgehead atoms. The molecule has 1 aromatic carbocycles. The number of esters is 1. The van der Waals surface area contributed by atoms with Crippen LogP contribution < -0.4 is 5.32 Å². The molecule has 4 nitrogen and oxygen atoms in total. The van der Waals surface area contributed by atoms with Crippen molar-refractivity contribution in [2.24, 2.45) is 5.92 Å². The van der Waals surface area contributed by atoms with E-state index in [9.17, 15) is 10.1 Å². The lowest BCUT2D eigenvalue weighted by molar-refractivity contribution is -0.143. The van der Waals surface area contributed by atoms with Gasteiger partial charge in [0.05, 0.1) is 19.1 Å². The number of ether oxygens (including phenoxy) is 1. The molecule has 0 aliphatic heterocycles. The smallest absolute Gasteiger partial charge is 0.322 e. The third kappa shape index (κ3) is 5.02. The van der Waals surface area contributed by atoms with Crippen LogP contribution in [0.4, 0.5) is 0 Å². The SMILES string of the molecule is COC(=O)C(CC(C)C)NCC(C#N)c1ccccc1. The number of nitriles is 1. The summed E-state index contributed by atoms with van der Waals surface area (Å²) in [5, 5.41) is 12.4. The van der Waals surface area contributed by atoms with Gasteiger partial charge in [-0.2, -0.15) is 5.26 Å². The third-order valence-corrected chi connectivity index (χ3v) is 3.12. The lowest BCUT2D eigenvalue weighted by Gasteiger charge is -2.20. The predicted octanol–water partition coefficient (Wildman–Crippen LogP) is 2.47. The minimum absolute atomic E-state index is 0.268. The van der Waals surface area contributed by atoms with Crippen LogP contribution in [0.5, 0.6) is 0 Å². The highest BCUT2D eigenvalue weighted by molar-refractivity contribution is 5.75. The Morgan fingerprint density at radius 3 is 2.50 bits per heavy atom. The summed E-state index contributed by atoms with van der Waals surface area (Å²) in [6, 6.07) is 11.5. The molecule has 1 rings (SSSR count). The zero-order valence-corrected chi connectivity index (χ0v) is 12.3. The fourth-order valence-corrected chi connectivity index (χ4v) is 2.06. The van der Waals surface area contributed by atoms with Gasteiger partial charge in [-0.15, -0.1) is 0 Å². The second-order valence-electron chi connectivity index (χ2n) is 5.21. The van der Waals surface area contributed by atoms with Crippen molar-refractivity contribution in [3.63, 3.8) is 0 Å². The fourth-order valence-electron chi connectivity index (χ4n) is 2.06. The van der Waals surface area contributed by atoms with Crippen molar-refractivity contribution >= 4 is 5.97 Å². The molecule has 108 valence electrons. The lowest BCUT2D eigenvalue weighted by Crippen LogP contribution is -2.40. The van der Waals surface area contributed by atoms with Crippen LogP contribution in [-0.4, -0.2) is 25.7 Å². The molecule has 2 unspecified atom stereocenters. The molecule has 0 saturated carbocycles. The van der Waals surface area contributed by atoms with Gasteiger partial charge in [0.15, 0.2) is 0 Å². The third-order valence-electron chi connectivity index (χ3n) is 3.12. The number of carbonyl (C=O) groups is 1. The minimum atomic E-state index is -0.362. The van der Waals surface area contributed by atoms with Gasteiger partial charge in [-0.25, -0.2) is 0 Å². The Morgan fingerprint density at radius 1 is 1.35 bits per heavy atom. The zero-order valence-electron chi connectivity index (χ0n) is 12.3. The van der Waals surface area contributed by atoms with Crippen LogP contribution in [0.2, 0.25) is 0 Å². The summed E-state index contributed by atoms with van der Waals surface area (Å²) in [6.07, 6.45) is 0.694. The van der Waals surface area contributed by atoms with Crippen LogP contribution in [0.15, 0.2) is 30.3 Å². The highest BCUT2D eigenvalue weighted by Gasteiger charge is 2.21. The van der Waals surface area contributed by atoms with E-state index < -0.39 is 0 Å². The predicted molar refractivity (Wildman–Crippen MR) is 78.1 cm³/mol. The van der Waals surface area contributed by atoms with E-state index in [2.05, 4.69) is 25.2 Å². The van der Waals surface area contributed by atoms with Crippen molar-refractivity contribution in [3.05, 3.63) is 35.9 Å². The molecule has 1 aromatic rings. The Kier molecular flexibility index (Phi) is 6.75. The number of hydrogen-bond acceptors (Lipinski definition) is 4. The first kappa shape index (κ1) is 16.2. The first-order valence-electron chi connectivity index (χ1n) is 6.84. The molecule has 0 amide bonds. The molecule has 0 aliphatic rings. The Hall–Kier alpha value is -1.86. The van der Waals surface area contributed by atoms with E-state index in [0.29, 0.717) is 18.9 Å². The first-order valence-corrected chi connectivity index (χ1v) is 6.84. The van der Waals surface area contributed by atoms with E-state index >= 15 is 0 Å². The molecule has 0 spiro atoms. The normalized spacial score (nSPS) is 13.6. The van der Waals surface area contributed by atoms with Crippen LogP contribution in [0.1, 0.15) is 31.7 Å². The lowest BCUT2D eigenvalue weighted by atomic mass is 9.99. The summed E-state index contributed by atoms with van der Waals surface area (Å²) in [7, 11) is 1.39. The Morgan fingerprint density at radius 2 is 2.00 bits per heavy atom. The number of carbonyl (C=O) groups excluding carboxylic acids is 1. The number of hydrogen-bond donors (Lipinski definition) is 1. The number of nitrogens with one attached hydrogen (secondary N) is 1. The summed E-state index contributed by atoms with van der Waals surface area (Å²) in [5.74, 6) is -0.164. The maximum atomic E-state index is 11.7. The molecule has 4 heteroatoms. The van der Waals surface area contributed by atoms with E-state index in [4.69, 9.17) is 4.74 Å². The molecule has 0 heterocycles. The summed E-state index contributed by atoms with van der Waals surface area (Å²) in [6.45, 7) is 4.54. The van der Waals surface area contributed by atoms with E-state index in [1.807, 2.05) is 30.3 Å². The highest BCUT2D eigenvalue weighted by atomic mass is 16.5. The van der Waals surface area contributed by atoms with Gasteiger partial charge < -0.3 is 10.1 Å². The van der Waals surface area contributed by atoms with E-state index in [0.717, 1.165) is 5.56 Å². The maximum absolute atomic E-state index is 11.7. The number of nitrogens with zero attached hydrogens (tertiary/aromatic N) is 1. The quantitative estimate of drug-likeness (QED) is 0.776. The zero-order chi connectivity index (χ0) is 15.0. The van der Waals surface area contributed by atoms with Crippen LogP contribution in [0, 0.1) is 17.2 Å². The molecular formula is C16H22N2O2. The van der Waals surface area contributed by atoms with Crippen LogP contribution in [0.25, 0.3) is 0 Å². The summed E-state index contributed by atoms with van der Waals surface area (Å²) >= 11 is 0. The van der Waals surface area contributed by atoms with Gasteiger partial charge in [0.2, 0.25) is 0 Å². The second kappa shape index (κ2) is 8.34. The molecule has 0 aromatic heterocycles. The Labute approximate surface area is 120 Å². The molecule has 0 radical (unpaired) electrons. The van der Waals surface area contributed by atoms with Gasteiger partial charge in [-0.1, -0.05) is 44.2 Å². The Balaban J connectivity index is 2.65. The average molecular weight is 274 g/mol. The summed E-state index contributed by atoms with van der Waals surface area (Å²) in [5.41, 5.74) is 0.954. The van der Waals surface area contributed by atoms with Crippen LogP contribution >= 0.6 is 0 Å². The summed E-state index contributed by atoms with van der Waals surface area (Å²) < 4.78 is 4.80. The van der Waals surface area contributed by atoms with Crippen molar-refractivity contribution in [2.75, 3.05) is 13.7 Å². The molecule has 0 fully saturated rings. The van der Waals surface area contributed by atoms with Gasteiger partial charge in [0.25, 0.3) is 0 Å². The fraction of sp³-hybridized carbons (Fsp3) is 0.500. The average Bonchev–Trinajstić information content (AvgIpc) is 2.46. The van der Waals surface area contributed by atoms with Gasteiger partial charge in [-0.05, 0) is 17.9 Å². The first-order chi connectivity index (χ1) is 9.58. The molecule has 2 atom stereocenters. The van der Waals surface area contributed by atoms with Crippen molar-refractivity contribution in [2.45, 2.75) is 32.2 Å². The minimum Gasteiger partial charge on any atom is -0.468 e. The van der Waals surface area contributed by atoms with Gasteiger partial charge in [0.1, 0.15) is 6.04 Å².